The average Bonchev–Trinajstić information content (AvgIpc) is 3.21. The smallest absolute Gasteiger partial charge is 0.249 e. The van der Waals surface area contributed by atoms with Gasteiger partial charge in [-0.1, -0.05) is 18.2 Å². The number of primary amides is 1. The molecule has 0 aliphatic carbocycles. The SMILES string of the molecule is COCC(=O)NC1CCN(C(=O)COC)C(C(=O)NC(Cc2c[nH]c3ccccc23)C(N)=O)C1. The maximum Gasteiger partial charge on any atom is 0.249 e. The molecule has 3 rings (SSSR count). The quantitative estimate of drug-likeness (QED) is 0.363. The van der Waals surface area contributed by atoms with Crippen molar-refractivity contribution in [1.29, 1.82) is 0 Å². The van der Waals surface area contributed by atoms with Gasteiger partial charge in [-0.15, -0.1) is 0 Å². The van der Waals surface area contributed by atoms with Crippen LogP contribution >= 0.6 is 0 Å². The van der Waals surface area contributed by atoms with Crippen molar-refractivity contribution in [2.24, 2.45) is 5.73 Å². The molecule has 11 nitrogen and oxygen atoms in total. The number of nitrogens with one attached hydrogen (secondary N) is 3. The summed E-state index contributed by atoms with van der Waals surface area (Å²) < 4.78 is 9.80. The highest BCUT2D eigenvalue weighted by atomic mass is 16.5. The van der Waals surface area contributed by atoms with E-state index < -0.39 is 23.9 Å². The second-order valence-electron chi connectivity index (χ2n) is 8.28. The highest BCUT2D eigenvalue weighted by Gasteiger charge is 2.38. The number of nitrogens with two attached hydrogens (primary N) is 1. The van der Waals surface area contributed by atoms with Gasteiger partial charge in [0.1, 0.15) is 25.3 Å². The largest absolute Gasteiger partial charge is 0.375 e. The van der Waals surface area contributed by atoms with E-state index in [4.69, 9.17) is 15.2 Å². The van der Waals surface area contributed by atoms with Crippen LogP contribution in [0.2, 0.25) is 0 Å². The van der Waals surface area contributed by atoms with E-state index in [1.807, 2.05) is 24.3 Å². The van der Waals surface area contributed by atoms with Crippen LogP contribution in [0.25, 0.3) is 10.9 Å². The molecule has 184 valence electrons. The Balaban J connectivity index is 1.76. The molecule has 0 saturated carbocycles. The summed E-state index contributed by atoms with van der Waals surface area (Å²) in [5.41, 5.74) is 7.35. The maximum absolute atomic E-state index is 13.3. The normalized spacial score (nSPS) is 18.9. The minimum atomic E-state index is -0.977. The van der Waals surface area contributed by atoms with Gasteiger partial charge >= 0.3 is 0 Å². The number of hydrogen-bond donors (Lipinski definition) is 4. The van der Waals surface area contributed by atoms with Crippen molar-refractivity contribution >= 4 is 34.5 Å². The van der Waals surface area contributed by atoms with E-state index in [0.29, 0.717) is 6.42 Å². The lowest BCUT2D eigenvalue weighted by Crippen LogP contribution is -2.60. The maximum atomic E-state index is 13.3. The van der Waals surface area contributed by atoms with Gasteiger partial charge in [0.25, 0.3) is 0 Å². The number of nitrogens with zero attached hydrogens (tertiary/aromatic N) is 1. The van der Waals surface area contributed by atoms with Crippen LogP contribution in [0, 0.1) is 0 Å². The highest BCUT2D eigenvalue weighted by Crippen LogP contribution is 2.21. The summed E-state index contributed by atoms with van der Waals surface area (Å²) in [6.07, 6.45) is 2.64. The zero-order chi connectivity index (χ0) is 24.7. The van der Waals surface area contributed by atoms with Crippen LogP contribution in [0.3, 0.4) is 0 Å². The predicted molar refractivity (Wildman–Crippen MR) is 124 cm³/mol. The van der Waals surface area contributed by atoms with Gasteiger partial charge in [0.15, 0.2) is 0 Å². The molecule has 2 aromatic rings. The molecule has 11 heteroatoms. The van der Waals surface area contributed by atoms with E-state index in [-0.39, 0.29) is 50.5 Å². The van der Waals surface area contributed by atoms with Crippen LogP contribution in [0.1, 0.15) is 18.4 Å². The Hall–Kier alpha value is -3.44. The molecule has 1 aliphatic rings. The second kappa shape index (κ2) is 11.6. The highest BCUT2D eigenvalue weighted by molar-refractivity contribution is 5.93. The molecule has 5 N–H and O–H groups in total. The molecule has 1 fully saturated rings. The topological polar surface area (TPSA) is 156 Å². The summed E-state index contributed by atoms with van der Waals surface area (Å²) in [5, 5.41) is 6.46. The third-order valence-electron chi connectivity index (χ3n) is 5.89. The van der Waals surface area contributed by atoms with Crippen molar-refractivity contribution in [3.63, 3.8) is 0 Å². The lowest BCUT2D eigenvalue weighted by Gasteiger charge is -2.39. The third-order valence-corrected chi connectivity index (χ3v) is 5.89. The van der Waals surface area contributed by atoms with Gasteiger partial charge in [0.2, 0.25) is 23.6 Å². The first-order valence-corrected chi connectivity index (χ1v) is 11.1. The summed E-state index contributed by atoms with van der Waals surface area (Å²) in [6, 6.07) is 5.41. The first-order valence-electron chi connectivity index (χ1n) is 11.1. The first kappa shape index (κ1) is 25.2. The van der Waals surface area contributed by atoms with Gasteiger partial charge in [-0.25, -0.2) is 0 Å². The molecule has 1 aliphatic heterocycles. The fourth-order valence-electron chi connectivity index (χ4n) is 4.26. The Morgan fingerprint density at radius 1 is 1.18 bits per heavy atom. The van der Waals surface area contributed by atoms with E-state index in [0.717, 1.165) is 16.5 Å². The molecule has 3 atom stereocenters. The summed E-state index contributed by atoms with van der Waals surface area (Å²) in [6.45, 7) is -0.0327. The van der Waals surface area contributed by atoms with Crippen LogP contribution in [-0.2, 0) is 35.1 Å². The van der Waals surface area contributed by atoms with Gasteiger partial charge in [-0.3, -0.25) is 19.2 Å². The van der Waals surface area contributed by atoms with Crippen molar-refractivity contribution in [2.45, 2.75) is 37.4 Å². The summed E-state index contributed by atoms with van der Waals surface area (Å²) in [7, 11) is 2.81. The molecular weight excluding hydrogens is 442 g/mol. The number of amides is 4. The lowest BCUT2D eigenvalue weighted by molar-refractivity contribution is -0.146. The fourth-order valence-corrected chi connectivity index (χ4v) is 4.26. The van der Waals surface area contributed by atoms with Crippen molar-refractivity contribution in [1.82, 2.24) is 20.5 Å². The number of hydrogen-bond acceptors (Lipinski definition) is 6. The second-order valence-corrected chi connectivity index (χ2v) is 8.28. The molecule has 2 heterocycles. The van der Waals surface area contributed by atoms with Crippen LogP contribution in [-0.4, -0.2) is 85.6 Å². The molecule has 0 bridgehead atoms. The molecule has 34 heavy (non-hydrogen) atoms. The number of H-pyrrole nitrogens is 1. The fraction of sp³-hybridized carbons (Fsp3) is 0.478. The van der Waals surface area contributed by atoms with Gasteiger partial charge in [-0.05, 0) is 24.5 Å². The van der Waals surface area contributed by atoms with E-state index >= 15 is 0 Å². The number of carbonyl (C=O) groups excluding carboxylic acids is 4. The van der Waals surface area contributed by atoms with Crippen LogP contribution in [0.4, 0.5) is 0 Å². The molecule has 1 aromatic carbocycles. The molecular formula is C23H31N5O6. The van der Waals surface area contributed by atoms with E-state index in [2.05, 4.69) is 15.6 Å². The van der Waals surface area contributed by atoms with Gasteiger partial charge < -0.3 is 35.7 Å². The zero-order valence-corrected chi connectivity index (χ0v) is 19.3. The van der Waals surface area contributed by atoms with Crippen molar-refractivity contribution in [2.75, 3.05) is 34.0 Å². The van der Waals surface area contributed by atoms with E-state index in [1.54, 1.807) is 6.20 Å². The molecule has 4 amide bonds. The summed E-state index contributed by atoms with van der Waals surface area (Å²) in [5.74, 6) is -1.86. The van der Waals surface area contributed by atoms with Gasteiger partial charge in [-0.2, -0.15) is 0 Å². The minimum absolute atomic E-state index is 0.103. The third kappa shape index (κ3) is 6.12. The Morgan fingerprint density at radius 2 is 1.91 bits per heavy atom. The minimum Gasteiger partial charge on any atom is -0.375 e. The molecule has 0 spiro atoms. The number of ether oxygens (including phenoxy) is 2. The number of fused-ring (bicyclic) bond motifs is 1. The zero-order valence-electron chi connectivity index (χ0n) is 19.3. The molecule has 1 aromatic heterocycles. The number of aromatic amines is 1. The molecule has 1 saturated heterocycles. The Morgan fingerprint density at radius 3 is 2.62 bits per heavy atom. The van der Waals surface area contributed by atoms with Crippen molar-refractivity contribution in [3.05, 3.63) is 36.0 Å². The Bertz CT molecular complexity index is 1040. The first-order chi connectivity index (χ1) is 16.3. The number of carbonyl (C=O) groups is 4. The van der Waals surface area contributed by atoms with Crippen LogP contribution in [0.15, 0.2) is 30.5 Å². The number of piperidine rings is 1. The standard InChI is InChI=1S/C23H31N5O6/c1-33-12-20(29)26-15-7-8-28(21(30)13-34-2)19(10-15)23(32)27-18(22(24)31)9-14-11-25-17-6-4-3-5-16(14)17/h3-6,11,15,18-19,25H,7-10,12-13H2,1-2H3,(H2,24,31)(H,26,29)(H,27,32). The van der Waals surface area contributed by atoms with Crippen molar-refractivity contribution < 1.29 is 28.7 Å². The number of methoxy groups -OCH3 is 2. The average molecular weight is 474 g/mol. The van der Waals surface area contributed by atoms with E-state index in [9.17, 15) is 19.2 Å². The number of benzene rings is 1. The van der Waals surface area contributed by atoms with Crippen LogP contribution in [0.5, 0.6) is 0 Å². The van der Waals surface area contributed by atoms with Crippen molar-refractivity contribution in [3.8, 4) is 0 Å². The number of para-hydroxylation sites is 1. The number of rotatable bonds is 10. The van der Waals surface area contributed by atoms with Gasteiger partial charge in [0.05, 0.1) is 0 Å². The van der Waals surface area contributed by atoms with Gasteiger partial charge in [0, 0.05) is 50.3 Å². The monoisotopic (exact) mass is 473 g/mol. The predicted octanol–water partition coefficient (Wildman–Crippen LogP) is -0.551. The number of aromatic nitrogens is 1. The summed E-state index contributed by atoms with van der Waals surface area (Å²) >= 11 is 0. The summed E-state index contributed by atoms with van der Waals surface area (Å²) in [4.78, 5) is 54.6. The number of likely N-dealkylation sites (tertiary alicyclic amines) is 1. The van der Waals surface area contributed by atoms with Crippen LogP contribution < -0.4 is 16.4 Å². The molecule has 3 unspecified atom stereocenters. The Labute approximate surface area is 197 Å². The van der Waals surface area contributed by atoms with E-state index in [1.165, 1.54) is 19.1 Å². The Kier molecular flexibility index (Phi) is 8.61. The molecule has 0 radical (unpaired) electrons. The lowest BCUT2D eigenvalue weighted by atomic mass is 9.95.